The Bertz CT molecular complexity index is 610. The van der Waals surface area contributed by atoms with Gasteiger partial charge in [-0.2, -0.15) is 5.10 Å². The van der Waals surface area contributed by atoms with Crippen LogP contribution in [-0.2, 0) is 0 Å². The van der Waals surface area contributed by atoms with Crippen molar-refractivity contribution >= 4 is 22.6 Å². The molecule has 0 aliphatic heterocycles. The fraction of sp³-hybridized carbons (Fsp3) is 0. The highest BCUT2D eigenvalue weighted by Gasteiger charge is 2.08. The van der Waals surface area contributed by atoms with Crippen molar-refractivity contribution in [1.82, 2.24) is 19.7 Å². The Morgan fingerprint density at radius 1 is 1.27 bits per heavy atom. The first-order valence-corrected chi connectivity index (χ1v) is 4.85. The van der Waals surface area contributed by atoms with E-state index < -0.39 is 0 Å². The molecule has 1 aromatic carbocycles. The zero-order chi connectivity index (χ0) is 10.3. The molecular formula is C10H7ClN4. The van der Waals surface area contributed by atoms with Gasteiger partial charge in [0.1, 0.15) is 11.3 Å². The number of aromatic nitrogens is 4. The topological polar surface area (TPSA) is 46.5 Å². The third-order valence-corrected chi connectivity index (χ3v) is 2.55. The van der Waals surface area contributed by atoms with Crippen molar-refractivity contribution < 1.29 is 0 Å². The Morgan fingerprint density at radius 3 is 2.93 bits per heavy atom. The van der Waals surface area contributed by atoms with Gasteiger partial charge in [0.25, 0.3) is 0 Å². The smallest absolute Gasteiger partial charge is 0.153 e. The number of fused-ring (bicyclic) bond motifs is 1. The van der Waals surface area contributed by atoms with Crippen molar-refractivity contribution in [2.75, 3.05) is 0 Å². The number of benzene rings is 1. The minimum absolute atomic E-state index is 0.582. The molecule has 0 spiro atoms. The molecule has 0 bridgehead atoms. The summed E-state index contributed by atoms with van der Waals surface area (Å²) < 4.78 is 1.88. The van der Waals surface area contributed by atoms with Crippen LogP contribution in [0.2, 0.25) is 5.02 Å². The summed E-state index contributed by atoms with van der Waals surface area (Å²) in [5.74, 6) is 0.741. The standard InChI is InChI=1S/C10H7ClN4/c11-7-5-13-14-10(7)15-6-12-8-3-1-2-4-9(8)15/h1-6H,(H,13,14). The highest BCUT2D eigenvalue weighted by Crippen LogP contribution is 2.21. The molecule has 0 aliphatic carbocycles. The molecule has 5 heteroatoms. The second-order valence-electron chi connectivity index (χ2n) is 3.17. The Balaban J connectivity index is 2.32. The Kier molecular flexibility index (Phi) is 1.76. The van der Waals surface area contributed by atoms with Gasteiger partial charge in [-0.25, -0.2) is 4.98 Å². The Morgan fingerprint density at radius 2 is 2.13 bits per heavy atom. The van der Waals surface area contributed by atoms with Gasteiger partial charge in [-0.15, -0.1) is 0 Å². The maximum Gasteiger partial charge on any atom is 0.153 e. The SMILES string of the molecule is Clc1cn[nH]c1-n1cnc2ccccc21. The van der Waals surface area contributed by atoms with E-state index in [0.29, 0.717) is 5.02 Å². The summed E-state index contributed by atoms with van der Waals surface area (Å²) in [7, 11) is 0. The second-order valence-corrected chi connectivity index (χ2v) is 3.58. The Hall–Kier alpha value is -1.81. The maximum atomic E-state index is 5.99. The van der Waals surface area contributed by atoms with E-state index in [0.717, 1.165) is 16.9 Å². The van der Waals surface area contributed by atoms with Crippen LogP contribution in [-0.4, -0.2) is 19.7 Å². The van der Waals surface area contributed by atoms with Gasteiger partial charge in [-0.05, 0) is 12.1 Å². The molecule has 0 amide bonds. The van der Waals surface area contributed by atoms with Crippen LogP contribution in [0.25, 0.3) is 16.9 Å². The van der Waals surface area contributed by atoms with Gasteiger partial charge >= 0.3 is 0 Å². The average molecular weight is 219 g/mol. The first-order chi connectivity index (χ1) is 7.36. The van der Waals surface area contributed by atoms with Crippen molar-refractivity contribution in [3.63, 3.8) is 0 Å². The van der Waals surface area contributed by atoms with Crippen LogP contribution in [0, 0.1) is 0 Å². The molecule has 0 saturated heterocycles. The van der Waals surface area contributed by atoms with Gasteiger partial charge in [0.15, 0.2) is 5.82 Å². The van der Waals surface area contributed by atoms with Crippen molar-refractivity contribution in [3.05, 3.63) is 41.8 Å². The van der Waals surface area contributed by atoms with E-state index in [2.05, 4.69) is 15.2 Å². The fourth-order valence-electron chi connectivity index (χ4n) is 1.57. The van der Waals surface area contributed by atoms with Gasteiger partial charge in [-0.3, -0.25) is 9.67 Å². The summed E-state index contributed by atoms with van der Waals surface area (Å²) in [6, 6.07) is 7.86. The van der Waals surface area contributed by atoms with Crippen LogP contribution in [0.5, 0.6) is 0 Å². The number of rotatable bonds is 1. The fourth-order valence-corrected chi connectivity index (χ4v) is 1.75. The number of para-hydroxylation sites is 2. The molecule has 0 unspecified atom stereocenters. The quantitative estimate of drug-likeness (QED) is 0.682. The summed E-state index contributed by atoms with van der Waals surface area (Å²) in [5.41, 5.74) is 1.94. The van der Waals surface area contributed by atoms with Crippen molar-refractivity contribution in [1.29, 1.82) is 0 Å². The van der Waals surface area contributed by atoms with Gasteiger partial charge in [0.05, 0.1) is 17.2 Å². The molecule has 2 heterocycles. The van der Waals surface area contributed by atoms with Crippen LogP contribution in [0.1, 0.15) is 0 Å². The Labute approximate surface area is 90.5 Å². The molecule has 1 N–H and O–H groups in total. The zero-order valence-corrected chi connectivity index (χ0v) is 8.44. The summed E-state index contributed by atoms with van der Waals surface area (Å²) in [5, 5.41) is 7.30. The third kappa shape index (κ3) is 1.22. The van der Waals surface area contributed by atoms with Gasteiger partial charge < -0.3 is 0 Å². The van der Waals surface area contributed by atoms with E-state index in [4.69, 9.17) is 11.6 Å². The number of aromatic amines is 1. The predicted molar refractivity (Wildman–Crippen MR) is 58.2 cm³/mol. The van der Waals surface area contributed by atoms with Gasteiger partial charge in [0.2, 0.25) is 0 Å². The van der Waals surface area contributed by atoms with Crippen molar-refractivity contribution in [2.45, 2.75) is 0 Å². The van der Waals surface area contributed by atoms with Crippen LogP contribution >= 0.6 is 11.6 Å². The molecule has 3 rings (SSSR count). The first kappa shape index (κ1) is 8.49. The minimum atomic E-state index is 0.582. The molecule has 15 heavy (non-hydrogen) atoms. The molecule has 74 valence electrons. The summed E-state index contributed by atoms with van der Waals surface area (Å²) in [4.78, 5) is 4.27. The summed E-state index contributed by atoms with van der Waals surface area (Å²) >= 11 is 5.99. The molecule has 3 aromatic rings. The number of nitrogens with zero attached hydrogens (tertiary/aromatic N) is 3. The summed E-state index contributed by atoms with van der Waals surface area (Å²) in [6.07, 6.45) is 3.30. The van der Waals surface area contributed by atoms with Crippen LogP contribution in [0.3, 0.4) is 0 Å². The highest BCUT2D eigenvalue weighted by molar-refractivity contribution is 6.32. The van der Waals surface area contributed by atoms with Gasteiger partial charge in [-0.1, -0.05) is 23.7 Å². The zero-order valence-electron chi connectivity index (χ0n) is 7.68. The molecular weight excluding hydrogens is 212 g/mol. The van der Waals surface area contributed by atoms with E-state index >= 15 is 0 Å². The normalized spacial score (nSPS) is 11.0. The van der Waals surface area contributed by atoms with Crippen molar-refractivity contribution in [3.8, 4) is 5.82 Å². The maximum absolute atomic E-state index is 5.99. The second kappa shape index (κ2) is 3.10. The molecule has 0 saturated carbocycles. The minimum Gasteiger partial charge on any atom is -0.282 e. The largest absolute Gasteiger partial charge is 0.282 e. The lowest BCUT2D eigenvalue weighted by Gasteiger charge is -2.00. The predicted octanol–water partition coefficient (Wildman–Crippen LogP) is 2.40. The van der Waals surface area contributed by atoms with E-state index in [-0.39, 0.29) is 0 Å². The lowest BCUT2D eigenvalue weighted by atomic mass is 10.3. The molecule has 0 radical (unpaired) electrons. The lowest BCUT2D eigenvalue weighted by Crippen LogP contribution is -1.92. The van der Waals surface area contributed by atoms with Crippen molar-refractivity contribution in [2.24, 2.45) is 0 Å². The number of nitrogens with one attached hydrogen (secondary N) is 1. The monoisotopic (exact) mass is 218 g/mol. The van der Waals surface area contributed by atoms with E-state index in [1.54, 1.807) is 12.5 Å². The van der Waals surface area contributed by atoms with E-state index in [1.165, 1.54) is 0 Å². The first-order valence-electron chi connectivity index (χ1n) is 4.47. The van der Waals surface area contributed by atoms with Gasteiger partial charge in [0, 0.05) is 0 Å². The number of halogens is 1. The van der Waals surface area contributed by atoms with Crippen LogP contribution in [0.4, 0.5) is 0 Å². The van der Waals surface area contributed by atoms with Crippen LogP contribution in [0.15, 0.2) is 36.8 Å². The van der Waals surface area contributed by atoms with E-state index in [9.17, 15) is 0 Å². The molecule has 0 aliphatic rings. The number of hydrogen-bond donors (Lipinski definition) is 1. The lowest BCUT2D eigenvalue weighted by molar-refractivity contribution is 0.976. The molecule has 2 aromatic heterocycles. The molecule has 0 atom stereocenters. The average Bonchev–Trinajstić information content (AvgIpc) is 2.83. The number of H-pyrrole nitrogens is 1. The summed E-state index contributed by atoms with van der Waals surface area (Å²) in [6.45, 7) is 0. The molecule has 0 fully saturated rings. The third-order valence-electron chi connectivity index (χ3n) is 2.27. The molecule has 4 nitrogen and oxygen atoms in total. The highest BCUT2D eigenvalue weighted by atomic mass is 35.5. The van der Waals surface area contributed by atoms with E-state index in [1.807, 2.05) is 28.8 Å². The van der Waals surface area contributed by atoms with Crippen LogP contribution < -0.4 is 0 Å². The number of imidazole rings is 1. The number of hydrogen-bond acceptors (Lipinski definition) is 2.